The summed E-state index contributed by atoms with van der Waals surface area (Å²) < 4.78 is 21.2. The highest BCUT2D eigenvalue weighted by Gasteiger charge is 2.11. The Morgan fingerprint density at radius 3 is 2.89 bits per heavy atom. The summed E-state index contributed by atoms with van der Waals surface area (Å²) in [5.74, 6) is 0.544. The zero-order chi connectivity index (χ0) is 14.0. The van der Waals surface area contributed by atoms with Crippen LogP contribution >= 0.6 is 15.9 Å². The van der Waals surface area contributed by atoms with Crippen LogP contribution in [0, 0.1) is 11.7 Å². The summed E-state index contributed by atoms with van der Waals surface area (Å²) in [6, 6.07) is 3.07. The Bertz CT molecular complexity index is 583. The van der Waals surface area contributed by atoms with Crippen LogP contribution in [0.1, 0.15) is 13.8 Å². The predicted octanol–water partition coefficient (Wildman–Crippen LogP) is 3.19. The number of anilines is 1. The molecule has 0 unspecified atom stereocenters. The molecule has 0 spiro atoms. The summed E-state index contributed by atoms with van der Waals surface area (Å²) in [5, 5.41) is 0. The Labute approximate surface area is 119 Å². The van der Waals surface area contributed by atoms with E-state index in [1.807, 2.05) is 0 Å². The van der Waals surface area contributed by atoms with Gasteiger partial charge in [0, 0.05) is 19.2 Å². The Kier molecular flexibility index (Phi) is 4.42. The van der Waals surface area contributed by atoms with Crippen molar-refractivity contribution in [2.45, 2.75) is 20.4 Å². The second kappa shape index (κ2) is 5.88. The minimum absolute atomic E-state index is 0.322. The summed E-state index contributed by atoms with van der Waals surface area (Å²) in [6.07, 6.45) is 0. The van der Waals surface area contributed by atoms with E-state index in [2.05, 4.69) is 34.8 Å². The van der Waals surface area contributed by atoms with Crippen molar-refractivity contribution in [1.82, 2.24) is 9.55 Å². The topological polar surface area (TPSA) is 53.1 Å². The number of imidazole rings is 1. The van der Waals surface area contributed by atoms with Crippen molar-refractivity contribution in [1.29, 1.82) is 0 Å². The van der Waals surface area contributed by atoms with E-state index < -0.39 is 0 Å². The summed E-state index contributed by atoms with van der Waals surface area (Å²) in [4.78, 5) is 4.22. The molecule has 1 aromatic carbocycles. The van der Waals surface area contributed by atoms with Gasteiger partial charge in [-0.15, -0.1) is 0 Å². The lowest BCUT2D eigenvalue weighted by molar-refractivity contribution is 0.104. The monoisotopic (exact) mass is 329 g/mol. The molecule has 2 aromatic rings. The number of hydrogen-bond acceptors (Lipinski definition) is 3. The summed E-state index contributed by atoms with van der Waals surface area (Å²) in [7, 11) is 0. The van der Waals surface area contributed by atoms with E-state index in [9.17, 15) is 4.39 Å². The average Bonchev–Trinajstić information content (AvgIpc) is 2.61. The lowest BCUT2D eigenvalue weighted by Gasteiger charge is -2.09. The number of halogens is 2. The number of benzene rings is 1. The molecular formula is C13H17BrFN3O. The van der Waals surface area contributed by atoms with Crippen molar-refractivity contribution in [3.63, 3.8) is 0 Å². The first kappa shape index (κ1) is 14.3. The van der Waals surface area contributed by atoms with Crippen molar-refractivity contribution in [3.8, 4) is 0 Å². The fourth-order valence-corrected chi connectivity index (χ4v) is 2.18. The summed E-state index contributed by atoms with van der Waals surface area (Å²) in [6.45, 7) is 5.98. The van der Waals surface area contributed by atoms with Gasteiger partial charge in [-0.25, -0.2) is 9.37 Å². The molecule has 0 fully saturated rings. The number of aromatic nitrogens is 2. The number of nitrogens with zero attached hydrogens (tertiary/aromatic N) is 2. The minimum atomic E-state index is -0.322. The molecular weight excluding hydrogens is 313 g/mol. The molecule has 0 aliphatic rings. The molecule has 104 valence electrons. The molecule has 0 amide bonds. The van der Waals surface area contributed by atoms with Crippen LogP contribution in [0.15, 0.2) is 16.6 Å². The number of rotatable bonds is 5. The van der Waals surface area contributed by atoms with E-state index in [0.29, 0.717) is 47.1 Å². The number of ether oxygens (including phenoxy) is 1. The molecule has 2 N–H and O–H groups in total. The van der Waals surface area contributed by atoms with Gasteiger partial charge in [0.05, 0.1) is 22.1 Å². The third-order valence-corrected chi connectivity index (χ3v) is 3.34. The highest BCUT2D eigenvalue weighted by atomic mass is 79.9. The highest BCUT2D eigenvalue weighted by Crippen LogP contribution is 2.24. The average molecular weight is 330 g/mol. The van der Waals surface area contributed by atoms with Crippen LogP contribution in [-0.2, 0) is 11.3 Å². The molecule has 0 atom stereocenters. The maximum absolute atomic E-state index is 13.6. The van der Waals surface area contributed by atoms with Gasteiger partial charge in [-0.05, 0) is 27.9 Å². The van der Waals surface area contributed by atoms with E-state index >= 15 is 0 Å². The zero-order valence-corrected chi connectivity index (χ0v) is 12.6. The first-order valence-corrected chi connectivity index (χ1v) is 6.97. The lowest BCUT2D eigenvalue weighted by atomic mass is 10.2. The molecule has 2 rings (SSSR count). The van der Waals surface area contributed by atoms with Gasteiger partial charge in [0.25, 0.3) is 0 Å². The molecule has 4 nitrogen and oxygen atoms in total. The number of nitrogens with two attached hydrogens (primary N) is 1. The number of fused-ring (bicyclic) bond motifs is 1. The first-order valence-electron chi connectivity index (χ1n) is 6.17. The molecule has 0 radical (unpaired) electrons. The summed E-state index contributed by atoms with van der Waals surface area (Å²) >= 11 is 3.14. The molecule has 1 heterocycles. The number of hydrogen-bond donors (Lipinski definition) is 1. The van der Waals surface area contributed by atoms with Gasteiger partial charge in [-0.1, -0.05) is 13.8 Å². The van der Waals surface area contributed by atoms with Gasteiger partial charge in [0.15, 0.2) is 0 Å². The molecule has 0 aliphatic carbocycles. The Morgan fingerprint density at radius 2 is 2.21 bits per heavy atom. The third-order valence-electron chi connectivity index (χ3n) is 2.73. The fourth-order valence-electron chi connectivity index (χ4n) is 1.85. The molecule has 19 heavy (non-hydrogen) atoms. The van der Waals surface area contributed by atoms with Crippen molar-refractivity contribution in [2.75, 3.05) is 18.9 Å². The van der Waals surface area contributed by atoms with Gasteiger partial charge in [0.1, 0.15) is 5.82 Å². The van der Waals surface area contributed by atoms with Crippen LogP contribution in [0.4, 0.5) is 10.3 Å². The van der Waals surface area contributed by atoms with Gasteiger partial charge in [0.2, 0.25) is 5.95 Å². The molecule has 6 heteroatoms. The van der Waals surface area contributed by atoms with Gasteiger partial charge >= 0.3 is 0 Å². The molecule has 0 aliphatic heterocycles. The standard InChI is InChI=1S/C13H17BrFN3O/c1-8(2)7-19-4-3-18-12-6-10(15)9(14)5-11(12)17-13(18)16/h5-6,8H,3-4,7H2,1-2H3,(H2,16,17). The maximum Gasteiger partial charge on any atom is 0.201 e. The van der Waals surface area contributed by atoms with Crippen LogP contribution in [0.2, 0.25) is 0 Å². The van der Waals surface area contributed by atoms with Crippen LogP contribution in [0.3, 0.4) is 0 Å². The molecule has 1 aromatic heterocycles. The SMILES string of the molecule is CC(C)COCCn1c(N)nc2cc(Br)c(F)cc21. The van der Waals surface area contributed by atoms with Crippen molar-refractivity contribution < 1.29 is 9.13 Å². The van der Waals surface area contributed by atoms with Crippen molar-refractivity contribution in [2.24, 2.45) is 5.92 Å². The van der Waals surface area contributed by atoms with E-state index in [-0.39, 0.29) is 5.82 Å². The van der Waals surface area contributed by atoms with Gasteiger partial charge < -0.3 is 15.0 Å². The maximum atomic E-state index is 13.6. The molecule has 0 bridgehead atoms. The smallest absolute Gasteiger partial charge is 0.201 e. The van der Waals surface area contributed by atoms with Crippen molar-refractivity contribution >= 4 is 32.9 Å². The second-order valence-electron chi connectivity index (χ2n) is 4.85. The van der Waals surface area contributed by atoms with Gasteiger partial charge in [-0.3, -0.25) is 0 Å². The largest absolute Gasteiger partial charge is 0.379 e. The lowest BCUT2D eigenvalue weighted by Crippen LogP contribution is -2.11. The Morgan fingerprint density at radius 1 is 1.47 bits per heavy atom. The van der Waals surface area contributed by atoms with Crippen LogP contribution in [0.5, 0.6) is 0 Å². The highest BCUT2D eigenvalue weighted by molar-refractivity contribution is 9.10. The van der Waals surface area contributed by atoms with E-state index in [0.717, 1.165) is 0 Å². The van der Waals surface area contributed by atoms with Gasteiger partial charge in [-0.2, -0.15) is 0 Å². The quantitative estimate of drug-likeness (QED) is 0.857. The summed E-state index contributed by atoms with van der Waals surface area (Å²) in [5.41, 5.74) is 7.22. The van der Waals surface area contributed by atoms with Crippen LogP contribution in [0.25, 0.3) is 11.0 Å². The van der Waals surface area contributed by atoms with Crippen LogP contribution < -0.4 is 5.73 Å². The van der Waals surface area contributed by atoms with E-state index in [1.54, 1.807) is 10.6 Å². The second-order valence-corrected chi connectivity index (χ2v) is 5.70. The van der Waals surface area contributed by atoms with Crippen LogP contribution in [-0.4, -0.2) is 22.8 Å². The Hall–Kier alpha value is -1.14. The molecule has 0 saturated carbocycles. The minimum Gasteiger partial charge on any atom is -0.379 e. The Balaban J connectivity index is 2.18. The zero-order valence-electron chi connectivity index (χ0n) is 11.0. The van der Waals surface area contributed by atoms with Crippen molar-refractivity contribution in [3.05, 3.63) is 22.4 Å². The normalized spacial score (nSPS) is 11.6. The predicted molar refractivity (Wildman–Crippen MR) is 77.5 cm³/mol. The third kappa shape index (κ3) is 3.25. The first-order chi connectivity index (χ1) is 8.99. The number of nitrogen functional groups attached to an aromatic ring is 1. The van der Waals surface area contributed by atoms with E-state index in [4.69, 9.17) is 10.5 Å². The fraction of sp³-hybridized carbons (Fsp3) is 0.462. The molecule has 0 saturated heterocycles. The van der Waals surface area contributed by atoms with E-state index in [1.165, 1.54) is 6.07 Å².